The summed E-state index contributed by atoms with van der Waals surface area (Å²) in [5, 5.41) is 0. The van der Waals surface area contributed by atoms with Gasteiger partial charge in [0, 0.05) is 35.0 Å². The van der Waals surface area contributed by atoms with Gasteiger partial charge in [0.1, 0.15) is 7.85 Å². The predicted octanol–water partition coefficient (Wildman–Crippen LogP) is -0.660. The SMILES string of the molecule is Bc1cnc(I)nc1. The van der Waals surface area contributed by atoms with Crippen LogP contribution in [0.15, 0.2) is 12.4 Å². The lowest BCUT2D eigenvalue weighted by Crippen LogP contribution is -2.04. The summed E-state index contributed by atoms with van der Waals surface area (Å²) in [5.74, 6) is 0. The fraction of sp³-hybridized carbons (Fsp3) is 0. The van der Waals surface area contributed by atoms with E-state index in [-0.39, 0.29) is 0 Å². The van der Waals surface area contributed by atoms with Crippen LogP contribution in [0.2, 0.25) is 0 Å². The van der Waals surface area contributed by atoms with Crippen molar-refractivity contribution in [3.63, 3.8) is 0 Å². The van der Waals surface area contributed by atoms with Gasteiger partial charge < -0.3 is 0 Å². The van der Waals surface area contributed by atoms with E-state index in [0.717, 1.165) is 9.29 Å². The highest BCUT2D eigenvalue weighted by Crippen LogP contribution is 1.88. The van der Waals surface area contributed by atoms with Gasteiger partial charge in [-0.05, 0) is 0 Å². The molecule has 0 bridgehead atoms. The maximum absolute atomic E-state index is 3.95. The summed E-state index contributed by atoms with van der Waals surface area (Å²) in [6.45, 7) is 0. The Morgan fingerprint density at radius 3 is 2.25 bits per heavy atom. The van der Waals surface area contributed by atoms with Crippen molar-refractivity contribution in [2.24, 2.45) is 0 Å². The van der Waals surface area contributed by atoms with Crippen molar-refractivity contribution in [2.75, 3.05) is 0 Å². The lowest BCUT2D eigenvalue weighted by molar-refractivity contribution is 1.12. The van der Waals surface area contributed by atoms with E-state index in [1.54, 1.807) is 12.4 Å². The summed E-state index contributed by atoms with van der Waals surface area (Å²) in [6, 6.07) is 0. The molecule has 0 unspecified atom stereocenters. The molecule has 0 saturated carbocycles. The Labute approximate surface area is 62.3 Å². The third kappa shape index (κ3) is 1.43. The average Bonchev–Trinajstić information content (AvgIpc) is 1.77. The lowest BCUT2D eigenvalue weighted by Gasteiger charge is -1.87. The topological polar surface area (TPSA) is 25.8 Å². The molecule has 2 nitrogen and oxygen atoms in total. The molecule has 1 aromatic rings. The molecule has 0 aliphatic rings. The molecule has 40 valence electrons. The van der Waals surface area contributed by atoms with E-state index in [9.17, 15) is 0 Å². The highest BCUT2D eigenvalue weighted by molar-refractivity contribution is 14.1. The largest absolute Gasteiger partial charge is 0.232 e. The number of nitrogens with zero attached hydrogens (tertiary/aromatic N) is 2. The summed E-state index contributed by atoms with van der Waals surface area (Å²) in [5.41, 5.74) is 1.10. The molecule has 1 rings (SSSR count). The molecular formula is C4H4BIN2. The van der Waals surface area contributed by atoms with Crippen LogP contribution in [0.4, 0.5) is 0 Å². The van der Waals surface area contributed by atoms with Gasteiger partial charge in [0.25, 0.3) is 0 Å². The van der Waals surface area contributed by atoms with Gasteiger partial charge in [-0.15, -0.1) is 0 Å². The summed E-state index contributed by atoms with van der Waals surface area (Å²) >= 11 is 2.07. The fourth-order valence-electron chi connectivity index (χ4n) is 0.377. The van der Waals surface area contributed by atoms with Crippen LogP contribution in [0, 0.1) is 3.83 Å². The Morgan fingerprint density at radius 2 is 1.88 bits per heavy atom. The maximum atomic E-state index is 3.95. The van der Waals surface area contributed by atoms with Crippen LogP contribution in [-0.4, -0.2) is 17.8 Å². The van der Waals surface area contributed by atoms with Gasteiger partial charge in [-0.1, -0.05) is 5.46 Å². The maximum Gasteiger partial charge on any atom is 0.190 e. The van der Waals surface area contributed by atoms with E-state index in [0.29, 0.717) is 0 Å². The van der Waals surface area contributed by atoms with Crippen LogP contribution >= 0.6 is 22.6 Å². The first-order valence-electron chi connectivity index (χ1n) is 2.23. The van der Waals surface area contributed by atoms with Gasteiger partial charge in [0.2, 0.25) is 0 Å². The van der Waals surface area contributed by atoms with Gasteiger partial charge in [-0.2, -0.15) is 0 Å². The molecule has 0 radical (unpaired) electrons. The molecule has 0 atom stereocenters. The van der Waals surface area contributed by atoms with Gasteiger partial charge in [-0.3, -0.25) is 0 Å². The molecule has 0 aliphatic heterocycles. The molecule has 8 heavy (non-hydrogen) atoms. The van der Waals surface area contributed by atoms with Crippen molar-refractivity contribution in [1.29, 1.82) is 0 Å². The summed E-state index contributed by atoms with van der Waals surface area (Å²) in [6.07, 6.45) is 3.60. The Hall–Kier alpha value is -0.125. The highest BCUT2D eigenvalue weighted by atomic mass is 127. The second-order valence-electron chi connectivity index (χ2n) is 1.53. The molecular weight excluding hydrogens is 214 g/mol. The average molecular weight is 218 g/mol. The Kier molecular flexibility index (Phi) is 1.83. The molecule has 0 aromatic carbocycles. The zero-order valence-electron chi connectivity index (χ0n) is 4.43. The van der Waals surface area contributed by atoms with Crippen molar-refractivity contribution < 1.29 is 0 Å². The van der Waals surface area contributed by atoms with Gasteiger partial charge in [-0.25, -0.2) is 9.97 Å². The third-order valence-corrected chi connectivity index (χ3v) is 1.31. The van der Waals surface area contributed by atoms with Gasteiger partial charge in [0.05, 0.1) is 0 Å². The van der Waals surface area contributed by atoms with E-state index in [2.05, 4.69) is 32.6 Å². The van der Waals surface area contributed by atoms with Crippen molar-refractivity contribution >= 4 is 35.9 Å². The number of halogens is 1. The second-order valence-corrected chi connectivity index (χ2v) is 2.49. The lowest BCUT2D eigenvalue weighted by atomic mass is 10.0. The van der Waals surface area contributed by atoms with E-state index < -0.39 is 0 Å². The quantitative estimate of drug-likeness (QED) is 0.328. The molecule has 1 heterocycles. The first-order chi connectivity index (χ1) is 3.79. The van der Waals surface area contributed by atoms with E-state index in [4.69, 9.17) is 0 Å². The van der Waals surface area contributed by atoms with Crippen molar-refractivity contribution in [1.82, 2.24) is 9.97 Å². The van der Waals surface area contributed by atoms with Crippen LogP contribution in [0.3, 0.4) is 0 Å². The van der Waals surface area contributed by atoms with Crippen molar-refractivity contribution in [3.05, 3.63) is 16.2 Å². The summed E-state index contributed by atoms with van der Waals surface area (Å²) in [4.78, 5) is 7.91. The van der Waals surface area contributed by atoms with Crippen LogP contribution in [-0.2, 0) is 0 Å². The highest BCUT2D eigenvalue weighted by Gasteiger charge is 1.84. The Bertz CT molecular complexity index is 153. The fourth-order valence-corrected chi connectivity index (χ4v) is 0.655. The van der Waals surface area contributed by atoms with Gasteiger partial charge in [0.15, 0.2) is 3.83 Å². The monoisotopic (exact) mass is 218 g/mol. The summed E-state index contributed by atoms with van der Waals surface area (Å²) in [7, 11) is 1.97. The first kappa shape index (κ1) is 6.00. The molecule has 1 aromatic heterocycles. The van der Waals surface area contributed by atoms with E-state index >= 15 is 0 Å². The molecule has 0 N–H and O–H groups in total. The number of rotatable bonds is 0. The zero-order chi connectivity index (χ0) is 5.98. The van der Waals surface area contributed by atoms with Gasteiger partial charge >= 0.3 is 0 Å². The first-order valence-corrected chi connectivity index (χ1v) is 3.31. The summed E-state index contributed by atoms with van der Waals surface area (Å²) < 4.78 is 0.799. The molecule has 0 saturated heterocycles. The number of hydrogen-bond acceptors (Lipinski definition) is 2. The zero-order valence-corrected chi connectivity index (χ0v) is 6.58. The molecule has 0 aliphatic carbocycles. The third-order valence-electron chi connectivity index (χ3n) is 0.749. The predicted molar refractivity (Wildman–Crippen MR) is 42.9 cm³/mol. The number of aromatic nitrogens is 2. The molecule has 0 amide bonds. The second kappa shape index (κ2) is 2.43. The van der Waals surface area contributed by atoms with E-state index in [1.165, 1.54) is 0 Å². The van der Waals surface area contributed by atoms with Crippen LogP contribution in [0.5, 0.6) is 0 Å². The van der Waals surface area contributed by atoms with Crippen LogP contribution in [0.1, 0.15) is 0 Å². The minimum atomic E-state index is 0.799. The Morgan fingerprint density at radius 1 is 1.38 bits per heavy atom. The van der Waals surface area contributed by atoms with Crippen LogP contribution < -0.4 is 5.46 Å². The smallest absolute Gasteiger partial charge is 0.190 e. The minimum Gasteiger partial charge on any atom is -0.232 e. The molecule has 0 fully saturated rings. The normalized spacial score (nSPS) is 9.12. The Balaban J connectivity index is 3.03. The minimum absolute atomic E-state index is 0.799. The molecule has 0 spiro atoms. The van der Waals surface area contributed by atoms with Crippen LogP contribution in [0.25, 0.3) is 0 Å². The van der Waals surface area contributed by atoms with E-state index in [1.807, 2.05) is 7.85 Å². The van der Waals surface area contributed by atoms with Crippen molar-refractivity contribution in [2.45, 2.75) is 0 Å². The van der Waals surface area contributed by atoms with Crippen molar-refractivity contribution in [3.8, 4) is 0 Å². The molecule has 4 heteroatoms. The number of hydrogen-bond donors (Lipinski definition) is 0. The standard InChI is InChI=1S/C4H4BIN2/c5-3-1-7-4(6)8-2-3/h1-2H,5H2.